The van der Waals surface area contributed by atoms with E-state index in [2.05, 4.69) is 4.98 Å². The van der Waals surface area contributed by atoms with Crippen LogP contribution < -0.4 is 4.90 Å². The minimum atomic E-state index is -3.70. The van der Waals surface area contributed by atoms with Crippen LogP contribution in [0.3, 0.4) is 0 Å². The van der Waals surface area contributed by atoms with Crippen molar-refractivity contribution < 1.29 is 8.42 Å². The molecule has 0 saturated carbocycles. The van der Waals surface area contributed by atoms with Gasteiger partial charge in [-0.3, -0.25) is 4.90 Å². The first-order valence-electron chi connectivity index (χ1n) is 11.1. The number of benzene rings is 4. The van der Waals surface area contributed by atoms with Gasteiger partial charge in [-0.25, -0.2) is 13.4 Å². The molecule has 0 fully saturated rings. The Bertz CT molecular complexity index is 1480. The van der Waals surface area contributed by atoms with Crippen LogP contribution in [0.25, 0.3) is 11.4 Å². The second-order valence-electron chi connectivity index (χ2n) is 7.96. The summed E-state index contributed by atoms with van der Waals surface area (Å²) in [6, 6.07) is 36.1. The van der Waals surface area contributed by atoms with E-state index in [0.29, 0.717) is 16.7 Å². The molecule has 0 aliphatic heterocycles. The summed E-state index contributed by atoms with van der Waals surface area (Å²) in [5.41, 5.74) is 3.78. The van der Waals surface area contributed by atoms with Gasteiger partial charge in [-0.15, -0.1) is 0 Å². The van der Waals surface area contributed by atoms with Crippen molar-refractivity contribution in [1.82, 2.24) is 9.97 Å². The molecule has 5 aromatic rings. The summed E-state index contributed by atoms with van der Waals surface area (Å²) in [6.07, 6.45) is 0. The topological polar surface area (TPSA) is 66.1 Å². The maximum absolute atomic E-state index is 13.3. The lowest BCUT2D eigenvalue weighted by atomic mass is 10.1. The average Bonchev–Trinajstić information content (AvgIpc) is 3.29. The highest BCUT2D eigenvalue weighted by Gasteiger charge is 2.26. The van der Waals surface area contributed by atoms with E-state index in [1.165, 1.54) is 0 Å². The Morgan fingerprint density at radius 3 is 1.77 bits per heavy atom. The molecule has 0 spiro atoms. The van der Waals surface area contributed by atoms with Gasteiger partial charge < -0.3 is 4.98 Å². The van der Waals surface area contributed by atoms with Crippen molar-refractivity contribution >= 4 is 36.9 Å². The summed E-state index contributed by atoms with van der Waals surface area (Å²) < 4.78 is 26.7. The first-order valence-corrected chi connectivity index (χ1v) is 13.9. The van der Waals surface area contributed by atoms with Crippen molar-refractivity contribution in [3.05, 3.63) is 121 Å². The summed E-state index contributed by atoms with van der Waals surface area (Å²) in [5, 5.41) is 0.372. The number of nitrogens with one attached hydrogen (secondary N) is 1. The maximum Gasteiger partial charge on any atom is 0.236 e. The van der Waals surface area contributed by atoms with Crippen LogP contribution in [0.15, 0.2) is 125 Å². The molecule has 174 valence electrons. The van der Waals surface area contributed by atoms with E-state index in [0.717, 1.165) is 33.3 Å². The van der Waals surface area contributed by atoms with E-state index >= 15 is 0 Å². The average molecular weight is 498 g/mol. The number of aromatic nitrogens is 2. The lowest BCUT2D eigenvalue weighted by Crippen LogP contribution is -2.11. The Hall–Kier alpha value is -3.81. The van der Waals surface area contributed by atoms with Gasteiger partial charge in [-0.1, -0.05) is 84.4 Å². The third-order valence-corrected chi connectivity index (χ3v) is 8.67. The zero-order valence-electron chi connectivity index (χ0n) is 19.0. The molecule has 0 aliphatic rings. The van der Waals surface area contributed by atoms with E-state index in [4.69, 9.17) is 4.98 Å². The number of hydrogen-bond donors (Lipinski definition) is 1. The highest BCUT2D eigenvalue weighted by molar-refractivity contribution is 8.72. The van der Waals surface area contributed by atoms with Gasteiger partial charge in [0.25, 0.3) is 0 Å². The Balaban J connectivity index is 1.69. The summed E-state index contributed by atoms with van der Waals surface area (Å²) in [5.74, 6) is 1.19. The van der Waals surface area contributed by atoms with Crippen LogP contribution in [-0.4, -0.2) is 18.4 Å². The fourth-order valence-electron chi connectivity index (χ4n) is 3.71. The van der Waals surface area contributed by atoms with Gasteiger partial charge in [0, 0.05) is 27.7 Å². The Labute approximate surface area is 208 Å². The number of aromatic amines is 1. The second-order valence-corrected chi connectivity index (χ2v) is 11.7. The molecule has 5 nitrogen and oxygen atoms in total. The molecule has 4 aromatic carbocycles. The van der Waals surface area contributed by atoms with Gasteiger partial charge in [0.2, 0.25) is 8.87 Å². The molecule has 0 bridgehead atoms. The fourth-order valence-corrected chi connectivity index (χ4v) is 6.44. The molecule has 1 aromatic heterocycles. The molecular formula is C28H23N3O2S2. The van der Waals surface area contributed by atoms with Crippen molar-refractivity contribution in [3.63, 3.8) is 0 Å². The van der Waals surface area contributed by atoms with Crippen LogP contribution in [0.4, 0.5) is 17.2 Å². The lowest BCUT2D eigenvalue weighted by Gasteiger charge is -2.24. The van der Waals surface area contributed by atoms with Crippen molar-refractivity contribution in [1.29, 1.82) is 0 Å². The van der Waals surface area contributed by atoms with Gasteiger partial charge in [0.1, 0.15) is 5.82 Å². The van der Waals surface area contributed by atoms with Crippen LogP contribution in [0.5, 0.6) is 0 Å². The Kier molecular flexibility index (Phi) is 6.44. The van der Waals surface area contributed by atoms with Crippen LogP contribution in [0.1, 0.15) is 5.56 Å². The van der Waals surface area contributed by atoms with Crippen LogP contribution in [0.2, 0.25) is 0 Å². The molecule has 0 amide bonds. The number of H-pyrrole nitrogens is 1. The van der Waals surface area contributed by atoms with Crippen molar-refractivity contribution in [2.75, 3.05) is 4.90 Å². The molecule has 5 rings (SSSR count). The monoisotopic (exact) mass is 497 g/mol. The van der Waals surface area contributed by atoms with Crippen molar-refractivity contribution in [2.45, 2.75) is 16.8 Å². The fraction of sp³-hybridized carbons (Fsp3) is 0.0357. The van der Waals surface area contributed by atoms with Crippen molar-refractivity contribution in [3.8, 4) is 11.4 Å². The van der Waals surface area contributed by atoms with Crippen LogP contribution in [-0.2, 0) is 8.87 Å². The number of rotatable bonds is 7. The third kappa shape index (κ3) is 5.01. The molecule has 1 N–H and O–H groups in total. The smallest absolute Gasteiger partial charge is 0.236 e. The van der Waals surface area contributed by atoms with E-state index in [-0.39, 0.29) is 4.90 Å². The minimum Gasteiger partial charge on any atom is -0.323 e. The summed E-state index contributed by atoms with van der Waals surface area (Å²) in [7, 11) is -2.95. The number of hydrogen-bond acceptors (Lipinski definition) is 5. The van der Waals surface area contributed by atoms with Gasteiger partial charge in [-0.2, -0.15) is 0 Å². The van der Waals surface area contributed by atoms with Gasteiger partial charge in [0.15, 0.2) is 10.8 Å². The maximum atomic E-state index is 13.3. The minimum absolute atomic E-state index is 0.238. The lowest BCUT2D eigenvalue weighted by molar-refractivity contribution is 0.610. The Morgan fingerprint density at radius 2 is 1.23 bits per heavy atom. The zero-order chi connectivity index (χ0) is 24.3. The standard InChI is InChI=1S/C28H23N3O2S2/c1-21-17-19-22(20-18-21)26-29-27(28(30-26)34-35(32,33)25-15-9-4-10-16-25)31(23-11-5-2-6-12-23)24-13-7-3-8-14-24/h2-20H,1H3,(H,29,30). The molecule has 0 saturated heterocycles. The van der Waals surface area contributed by atoms with Gasteiger partial charge in [0.05, 0.1) is 4.90 Å². The summed E-state index contributed by atoms with van der Waals surface area (Å²) in [4.78, 5) is 10.4. The van der Waals surface area contributed by atoms with Crippen molar-refractivity contribution in [2.24, 2.45) is 0 Å². The highest BCUT2D eigenvalue weighted by Crippen LogP contribution is 2.43. The van der Waals surface area contributed by atoms with Gasteiger partial charge >= 0.3 is 0 Å². The largest absolute Gasteiger partial charge is 0.323 e. The molecule has 0 atom stereocenters. The summed E-state index contributed by atoms with van der Waals surface area (Å²) >= 11 is 0. The number of imidazole rings is 1. The number of aryl methyl sites for hydroxylation is 1. The number of para-hydroxylation sites is 2. The molecular weight excluding hydrogens is 474 g/mol. The normalized spacial score (nSPS) is 11.3. The summed E-state index contributed by atoms with van der Waals surface area (Å²) in [6.45, 7) is 2.03. The molecule has 35 heavy (non-hydrogen) atoms. The first kappa shape index (κ1) is 23.0. The van der Waals surface area contributed by atoms with Gasteiger partial charge in [-0.05, 0) is 43.3 Å². The molecule has 7 heteroatoms. The molecule has 0 unspecified atom stereocenters. The second kappa shape index (κ2) is 9.82. The van der Waals surface area contributed by atoms with E-state index in [1.807, 2.05) is 96.8 Å². The number of anilines is 3. The number of nitrogens with zero attached hydrogens (tertiary/aromatic N) is 2. The predicted molar refractivity (Wildman–Crippen MR) is 143 cm³/mol. The van der Waals surface area contributed by atoms with E-state index in [1.54, 1.807) is 30.3 Å². The highest BCUT2D eigenvalue weighted by atomic mass is 33.1. The third-order valence-electron chi connectivity index (χ3n) is 5.45. The molecule has 0 radical (unpaired) electrons. The predicted octanol–water partition coefficient (Wildman–Crippen LogP) is 7.34. The first-order chi connectivity index (χ1) is 17.0. The zero-order valence-corrected chi connectivity index (χ0v) is 20.6. The van der Waals surface area contributed by atoms with Crippen LogP contribution in [0, 0.1) is 6.92 Å². The van der Waals surface area contributed by atoms with E-state index in [9.17, 15) is 8.42 Å². The SMILES string of the molecule is Cc1ccc(-c2nc(SS(=O)(=O)c3ccccc3)c(N(c3ccccc3)c3ccccc3)[nH]2)cc1. The molecule has 1 heterocycles. The van der Waals surface area contributed by atoms with Crippen LogP contribution >= 0.6 is 10.8 Å². The quantitative estimate of drug-likeness (QED) is 0.238. The Morgan fingerprint density at radius 1 is 0.714 bits per heavy atom. The molecule has 0 aliphatic carbocycles. The van der Waals surface area contributed by atoms with E-state index < -0.39 is 8.87 Å².